The van der Waals surface area contributed by atoms with Crippen molar-refractivity contribution in [3.63, 3.8) is 0 Å². The smallest absolute Gasteiger partial charge is 0.258 e. The molecule has 0 aliphatic heterocycles. The zero-order valence-corrected chi connectivity index (χ0v) is 17.1. The Morgan fingerprint density at radius 1 is 1.10 bits per heavy atom. The molecule has 0 fully saturated rings. The second kappa shape index (κ2) is 9.19. The lowest BCUT2D eigenvalue weighted by molar-refractivity contribution is 0.0945. The summed E-state index contributed by atoms with van der Waals surface area (Å²) in [4.78, 5) is 21.6. The molecule has 1 N–H and O–H groups in total. The van der Waals surface area contributed by atoms with Gasteiger partial charge in [-0.05, 0) is 54.8 Å². The van der Waals surface area contributed by atoms with Gasteiger partial charge in [-0.2, -0.15) is 4.98 Å². The largest absolute Gasteiger partial charge is 0.497 e. The number of nitrogens with zero attached hydrogens (tertiary/aromatic N) is 2. The van der Waals surface area contributed by atoms with E-state index in [4.69, 9.17) is 9.47 Å². The fourth-order valence-corrected chi connectivity index (χ4v) is 2.66. The van der Waals surface area contributed by atoms with Gasteiger partial charge in [0, 0.05) is 18.3 Å². The molecule has 0 spiro atoms. The third kappa shape index (κ3) is 5.31. The van der Waals surface area contributed by atoms with Crippen LogP contribution in [0.2, 0.25) is 0 Å². The molecule has 1 aromatic heterocycles. The van der Waals surface area contributed by atoms with Crippen LogP contribution in [-0.2, 0) is 0 Å². The molecule has 0 saturated carbocycles. The number of carbonyl (C=O) groups excluding carboxylic acids is 1. The van der Waals surface area contributed by atoms with Crippen LogP contribution in [0.15, 0.2) is 54.7 Å². The van der Waals surface area contributed by atoms with E-state index in [9.17, 15) is 4.79 Å². The van der Waals surface area contributed by atoms with Gasteiger partial charge in [-0.25, -0.2) is 4.98 Å². The van der Waals surface area contributed by atoms with Crippen molar-refractivity contribution in [1.29, 1.82) is 0 Å². The zero-order chi connectivity index (χ0) is 20.8. The lowest BCUT2D eigenvalue weighted by atomic mass is 10.2. The summed E-state index contributed by atoms with van der Waals surface area (Å²) in [5.41, 5.74) is 2.15. The van der Waals surface area contributed by atoms with Crippen LogP contribution in [0.3, 0.4) is 0 Å². The molecule has 3 aromatic rings. The van der Waals surface area contributed by atoms with E-state index in [1.54, 1.807) is 7.11 Å². The Bertz CT molecular complexity index is 985. The van der Waals surface area contributed by atoms with Gasteiger partial charge >= 0.3 is 0 Å². The van der Waals surface area contributed by atoms with Gasteiger partial charge in [0.1, 0.15) is 17.1 Å². The molecule has 2 aromatic carbocycles. The minimum absolute atomic E-state index is 0.220. The second-order valence-corrected chi connectivity index (χ2v) is 7.16. The van der Waals surface area contributed by atoms with E-state index >= 15 is 0 Å². The van der Waals surface area contributed by atoms with Gasteiger partial charge in [-0.3, -0.25) is 4.79 Å². The van der Waals surface area contributed by atoms with E-state index < -0.39 is 0 Å². The Morgan fingerprint density at radius 3 is 2.52 bits per heavy atom. The summed E-state index contributed by atoms with van der Waals surface area (Å²) in [6.45, 7) is 6.61. The first kappa shape index (κ1) is 20.3. The highest BCUT2D eigenvalue weighted by molar-refractivity contribution is 5.96. The molecular formula is C23H25N3O3. The van der Waals surface area contributed by atoms with E-state index in [0.29, 0.717) is 29.6 Å². The highest BCUT2D eigenvalue weighted by atomic mass is 16.5. The second-order valence-electron chi connectivity index (χ2n) is 7.16. The van der Waals surface area contributed by atoms with Crippen molar-refractivity contribution in [3.8, 4) is 28.8 Å². The van der Waals surface area contributed by atoms with Gasteiger partial charge in [0.2, 0.25) is 5.88 Å². The molecule has 0 aliphatic rings. The maximum absolute atomic E-state index is 12.7. The molecule has 0 radical (unpaired) electrons. The molecule has 6 nitrogen and oxygen atoms in total. The van der Waals surface area contributed by atoms with Crippen molar-refractivity contribution in [2.24, 2.45) is 5.92 Å². The van der Waals surface area contributed by atoms with Crippen LogP contribution in [0.25, 0.3) is 11.4 Å². The van der Waals surface area contributed by atoms with Crippen molar-refractivity contribution in [2.75, 3.05) is 13.7 Å². The van der Waals surface area contributed by atoms with Gasteiger partial charge < -0.3 is 14.8 Å². The molecule has 0 aliphatic carbocycles. The number of hydrogen-bond acceptors (Lipinski definition) is 5. The monoisotopic (exact) mass is 391 g/mol. The molecule has 29 heavy (non-hydrogen) atoms. The number of carbonyl (C=O) groups is 1. The Balaban J connectivity index is 1.97. The van der Waals surface area contributed by atoms with Gasteiger partial charge in [-0.15, -0.1) is 0 Å². The molecule has 0 unspecified atom stereocenters. The highest BCUT2D eigenvalue weighted by Gasteiger charge is 2.18. The quantitative estimate of drug-likeness (QED) is 0.635. The van der Waals surface area contributed by atoms with Crippen molar-refractivity contribution in [3.05, 3.63) is 65.9 Å². The molecule has 0 saturated heterocycles. The molecule has 0 bridgehead atoms. The van der Waals surface area contributed by atoms with Crippen LogP contribution < -0.4 is 14.8 Å². The third-order valence-corrected chi connectivity index (χ3v) is 4.22. The third-order valence-electron chi connectivity index (χ3n) is 4.22. The number of ether oxygens (including phenoxy) is 2. The SMILES string of the molecule is COc1ccc(-c2ncc(C(=O)NCC(C)C)c(Oc3cccc(C)c3)n2)cc1. The Kier molecular flexibility index (Phi) is 6.44. The van der Waals surface area contributed by atoms with Crippen LogP contribution in [0.1, 0.15) is 29.8 Å². The maximum Gasteiger partial charge on any atom is 0.258 e. The van der Waals surface area contributed by atoms with Crippen molar-refractivity contribution >= 4 is 5.91 Å². The van der Waals surface area contributed by atoms with E-state index in [-0.39, 0.29) is 11.8 Å². The van der Waals surface area contributed by atoms with Crippen molar-refractivity contribution in [2.45, 2.75) is 20.8 Å². The topological polar surface area (TPSA) is 73.3 Å². The fourth-order valence-electron chi connectivity index (χ4n) is 2.66. The minimum Gasteiger partial charge on any atom is -0.497 e. The van der Waals surface area contributed by atoms with Crippen LogP contribution in [-0.4, -0.2) is 29.5 Å². The first-order valence-corrected chi connectivity index (χ1v) is 9.50. The number of rotatable bonds is 7. The van der Waals surface area contributed by atoms with Gasteiger partial charge in [0.25, 0.3) is 5.91 Å². The summed E-state index contributed by atoms with van der Waals surface area (Å²) in [6.07, 6.45) is 1.51. The number of aryl methyl sites for hydroxylation is 1. The number of aromatic nitrogens is 2. The summed E-state index contributed by atoms with van der Waals surface area (Å²) < 4.78 is 11.2. The molecule has 1 heterocycles. The standard InChI is InChI=1S/C23H25N3O3/c1-15(2)13-25-22(27)20-14-24-21(17-8-10-18(28-4)11-9-17)26-23(20)29-19-7-5-6-16(3)12-19/h5-12,14-15H,13H2,1-4H3,(H,25,27). The number of amides is 1. The molecular weight excluding hydrogens is 366 g/mol. The van der Waals surface area contributed by atoms with Gasteiger partial charge in [-0.1, -0.05) is 26.0 Å². The summed E-state index contributed by atoms with van der Waals surface area (Å²) in [7, 11) is 1.61. The summed E-state index contributed by atoms with van der Waals surface area (Å²) in [5.74, 6) is 2.12. The number of methoxy groups -OCH3 is 1. The lowest BCUT2D eigenvalue weighted by Crippen LogP contribution is -2.28. The Morgan fingerprint density at radius 2 is 1.86 bits per heavy atom. The number of benzene rings is 2. The average molecular weight is 391 g/mol. The summed E-state index contributed by atoms with van der Waals surface area (Å²) in [5, 5.41) is 2.89. The lowest BCUT2D eigenvalue weighted by Gasteiger charge is -2.13. The van der Waals surface area contributed by atoms with E-state index in [2.05, 4.69) is 15.3 Å². The molecule has 6 heteroatoms. The highest BCUT2D eigenvalue weighted by Crippen LogP contribution is 2.27. The average Bonchev–Trinajstić information content (AvgIpc) is 2.72. The first-order chi connectivity index (χ1) is 14.0. The summed E-state index contributed by atoms with van der Waals surface area (Å²) >= 11 is 0. The zero-order valence-electron chi connectivity index (χ0n) is 17.1. The van der Waals surface area contributed by atoms with Crippen LogP contribution in [0.4, 0.5) is 0 Å². The van der Waals surface area contributed by atoms with Crippen molar-refractivity contribution in [1.82, 2.24) is 15.3 Å². The Hall–Kier alpha value is -3.41. The van der Waals surface area contributed by atoms with E-state index in [0.717, 1.165) is 16.9 Å². The minimum atomic E-state index is -0.261. The number of nitrogens with one attached hydrogen (secondary N) is 1. The van der Waals surface area contributed by atoms with Crippen LogP contribution in [0.5, 0.6) is 17.4 Å². The van der Waals surface area contributed by atoms with Gasteiger partial charge in [0.15, 0.2) is 5.82 Å². The number of hydrogen-bond donors (Lipinski definition) is 1. The van der Waals surface area contributed by atoms with E-state index in [1.165, 1.54) is 6.20 Å². The van der Waals surface area contributed by atoms with Gasteiger partial charge in [0.05, 0.1) is 7.11 Å². The predicted octanol–water partition coefficient (Wildman–Crippen LogP) is 4.64. The molecule has 3 rings (SSSR count). The molecule has 150 valence electrons. The molecule has 0 atom stereocenters. The van der Waals surface area contributed by atoms with Crippen molar-refractivity contribution < 1.29 is 14.3 Å². The maximum atomic E-state index is 12.7. The normalized spacial score (nSPS) is 10.7. The van der Waals surface area contributed by atoms with Crippen LogP contribution >= 0.6 is 0 Å². The summed E-state index contributed by atoms with van der Waals surface area (Å²) in [6, 6.07) is 15.0. The first-order valence-electron chi connectivity index (χ1n) is 9.50. The fraction of sp³-hybridized carbons (Fsp3) is 0.261. The Labute approximate surface area is 170 Å². The van der Waals surface area contributed by atoms with E-state index in [1.807, 2.05) is 69.3 Å². The molecule has 1 amide bonds. The predicted molar refractivity (Wildman–Crippen MR) is 112 cm³/mol. The van der Waals surface area contributed by atoms with Crippen LogP contribution in [0, 0.1) is 12.8 Å².